The third-order valence-corrected chi connectivity index (χ3v) is 4.40. The van der Waals surface area contributed by atoms with Crippen molar-refractivity contribution < 1.29 is 9.90 Å². The Morgan fingerprint density at radius 3 is 2.70 bits per heavy atom. The number of aromatic carboxylic acids is 1. The van der Waals surface area contributed by atoms with Crippen LogP contribution in [0.4, 0.5) is 0 Å². The van der Waals surface area contributed by atoms with Crippen molar-refractivity contribution in [2.45, 2.75) is 5.75 Å². The number of nitrogens with two attached hydrogens (primary N) is 1. The van der Waals surface area contributed by atoms with Gasteiger partial charge in [0.2, 0.25) is 0 Å². The minimum Gasteiger partial charge on any atom is -0.478 e. The maximum absolute atomic E-state index is 11.0. The first kappa shape index (κ1) is 17.2. The van der Waals surface area contributed by atoms with E-state index in [9.17, 15) is 4.79 Å². The van der Waals surface area contributed by atoms with Gasteiger partial charge < -0.3 is 10.8 Å². The van der Waals surface area contributed by atoms with E-state index in [1.54, 1.807) is 6.07 Å². The van der Waals surface area contributed by atoms with Crippen LogP contribution in [0.5, 0.6) is 0 Å². The highest BCUT2D eigenvalue weighted by Gasteiger charge is 2.05. The molecule has 0 bridgehead atoms. The van der Waals surface area contributed by atoms with Crippen LogP contribution in [-0.2, 0) is 5.75 Å². The summed E-state index contributed by atoms with van der Waals surface area (Å²) in [6.45, 7) is 0. The number of thioether (sulfide) groups is 1. The molecule has 0 saturated heterocycles. The predicted octanol–water partition coefficient (Wildman–Crippen LogP) is 3.73. The zero-order valence-electron chi connectivity index (χ0n) is 12.0. The number of carbonyl (C=O) groups is 1. The number of amidine groups is 1. The second-order valence-corrected chi connectivity index (χ2v) is 6.35. The number of rotatable bonds is 5. The normalized spacial score (nSPS) is 11.8. The summed E-state index contributed by atoms with van der Waals surface area (Å²) in [5, 5.41) is 17.1. The van der Waals surface area contributed by atoms with Crippen LogP contribution in [0.2, 0.25) is 0 Å². The van der Waals surface area contributed by atoms with Crippen LogP contribution in [0.3, 0.4) is 0 Å². The Hall–Kier alpha value is -2.12. The number of carboxylic acids is 1. The smallest absolute Gasteiger partial charge is 0.335 e. The second kappa shape index (κ2) is 8.50. The Kier molecular flexibility index (Phi) is 6.37. The minimum absolute atomic E-state index is 0.185. The molecule has 0 heterocycles. The Balaban J connectivity index is 1.99. The van der Waals surface area contributed by atoms with Crippen LogP contribution in [0.1, 0.15) is 21.5 Å². The van der Waals surface area contributed by atoms with Crippen LogP contribution in [0, 0.1) is 0 Å². The molecule has 0 atom stereocenters. The molecule has 7 heteroatoms. The molecule has 0 aromatic heterocycles. The molecule has 0 fully saturated rings. The fourth-order valence-corrected chi connectivity index (χ4v) is 2.64. The standard InChI is InChI=1S/C16H14BrN3O2S/c17-14-7-6-12(15(21)22)8-13(14)9-19-20-16(18)23-10-11-4-2-1-3-5-11/h1-9H,10H2,(H2,18,20)(H,21,22). The van der Waals surface area contributed by atoms with E-state index in [1.165, 1.54) is 30.1 Å². The van der Waals surface area contributed by atoms with E-state index in [2.05, 4.69) is 26.1 Å². The monoisotopic (exact) mass is 391 g/mol. The van der Waals surface area contributed by atoms with Crippen molar-refractivity contribution >= 4 is 45.0 Å². The summed E-state index contributed by atoms with van der Waals surface area (Å²) in [6.07, 6.45) is 1.46. The van der Waals surface area contributed by atoms with Gasteiger partial charge in [0.1, 0.15) is 0 Å². The zero-order valence-corrected chi connectivity index (χ0v) is 14.4. The van der Waals surface area contributed by atoms with E-state index in [0.29, 0.717) is 16.5 Å². The fraction of sp³-hybridized carbons (Fsp3) is 0.0625. The van der Waals surface area contributed by atoms with Gasteiger partial charge in [-0.2, -0.15) is 5.10 Å². The summed E-state index contributed by atoms with van der Waals surface area (Å²) in [6, 6.07) is 14.6. The van der Waals surface area contributed by atoms with E-state index >= 15 is 0 Å². The molecule has 0 aliphatic carbocycles. The molecule has 0 unspecified atom stereocenters. The van der Waals surface area contributed by atoms with Crippen molar-refractivity contribution in [3.8, 4) is 0 Å². The molecule has 0 spiro atoms. The van der Waals surface area contributed by atoms with E-state index in [0.717, 1.165) is 10.0 Å². The maximum Gasteiger partial charge on any atom is 0.335 e. The van der Waals surface area contributed by atoms with Gasteiger partial charge in [0.05, 0.1) is 11.8 Å². The highest BCUT2D eigenvalue weighted by atomic mass is 79.9. The van der Waals surface area contributed by atoms with E-state index < -0.39 is 5.97 Å². The van der Waals surface area contributed by atoms with Gasteiger partial charge in [-0.05, 0) is 23.8 Å². The maximum atomic E-state index is 11.0. The van der Waals surface area contributed by atoms with Gasteiger partial charge in [-0.3, -0.25) is 0 Å². The number of carboxylic acid groups (broad SMARTS) is 1. The number of hydrogen-bond acceptors (Lipinski definition) is 4. The first-order valence-corrected chi connectivity index (χ1v) is 8.40. The van der Waals surface area contributed by atoms with Gasteiger partial charge in [0.25, 0.3) is 0 Å². The number of halogens is 1. The molecule has 0 radical (unpaired) electrons. The Morgan fingerprint density at radius 2 is 2.00 bits per heavy atom. The van der Waals surface area contributed by atoms with Crippen molar-refractivity contribution in [3.63, 3.8) is 0 Å². The molecule has 2 aromatic carbocycles. The fourth-order valence-electron chi connectivity index (χ4n) is 1.68. The summed E-state index contributed by atoms with van der Waals surface area (Å²) in [5.41, 5.74) is 7.75. The molecular formula is C16H14BrN3O2S. The molecule has 5 nitrogen and oxygen atoms in total. The molecule has 0 aliphatic rings. The molecule has 2 aromatic rings. The first-order valence-electron chi connectivity index (χ1n) is 6.62. The average Bonchev–Trinajstić information content (AvgIpc) is 2.55. The van der Waals surface area contributed by atoms with Gasteiger partial charge in [-0.25, -0.2) is 4.79 Å². The van der Waals surface area contributed by atoms with Crippen LogP contribution < -0.4 is 5.73 Å². The quantitative estimate of drug-likeness (QED) is 0.461. The topological polar surface area (TPSA) is 88.0 Å². The van der Waals surface area contributed by atoms with Crippen molar-refractivity contribution in [1.82, 2.24) is 0 Å². The molecule has 2 rings (SSSR count). The molecule has 3 N–H and O–H groups in total. The SMILES string of the molecule is NC(=NN=Cc1cc(C(=O)O)ccc1Br)SCc1ccccc1. The molecule has 0 amide bonds. The molecule has 0 aliphatic heterocycles. The second-order valence-electron chi connectivity index (χ2n) is 4.50. The van der Waals surface area contributed by atoms with Crippen LogP contribution >= 0.6 is 27.7 Å². The molecule has 118 valence electrons. The summed E-state index contributed by atoms with van der Waals surface area (Å²) in [7, 11) is 0. The van der Waals surface area contributed by atoms with Crippen LogP contribution in [0.15, 0.2) is 63.2 Å². The highest BCUT2D eigenvalue weighted by Crippen LogP contribution is 2.17. The summed E-state index contributed by atoms with van der Waals surface area (Å²) in [5.74, 6) is -0.280. The predicted molar refractivity (Wildman–Crippen MR) is 98.1 cm³/mol. The lowest BCUT2D eigenvalue weighted by molar-refractivity contribution is 0.0697. The molecular weight excluding hydrogens is 378 g/mol. The Bertz CT molecular complexity index is 748. The lowest BCUT2D eigenvalue weighted by Crippen LogP contribution is -2.06. The number of hydrogen-bond donors (Lipinski definition) is 2. The third kappa shape index (κ3) is 5.54. The Labute approximate surface area is 146 Å². The summed E-state index contributed by atoms with van der Waals surface area (Å²) < 4.78 is 0.733. The molecule has 0 saturated carbocycles. The lowest BCUT2D eigenvalue weighted by atomic mass is 10.1. The van der Waals surface area contributed by atoms with Crippen molar-refractivity contribution in [2.75, 3.05) is 0 Å². The van der Waals surface area contributed by atoms with E-state index in [4.69, 9.17) is 10.8 Å². The van der Waals surface area contributed by atoms with Crippen molar-refractivity contribution in [2.24, 2.45) is 15.9 Å². The van der Waals surface area contributed by atoms with E-state index in [1.807, 2.05) is 30.3 Å². The first-order chi connectivity index (χ1) is 11.1. The van der Waals surface area contributed by atoms with Crippen LogP contribution in [0.25, 0.3) is 0 Å². The van der Waals surface area contributed by atoms with Crippen molar-refractivity contribution in [1.29, 1.82) is 0 Å². The van der Waals surface area contributed by atoms with Gasteiger partial charge in [-0.15, -0.1) is 5.10 Å². The van der Waals surface area contributed by atoms with Crippen molar-refractivity contribution in [3.05, 3.63) is 69.7 Å². The van der Waals surface area contributed by atoms with Crippen LogP contribution in [-0.4, -0.2) is 22.5 Å². The summed E-state index contributed by atoms with van der Waals surface area (Å²) in [4.78, 5) is 11.0. The minimum atomic E-state index is -0.992. The van der Waals surface area contributed by atoms with E-state index in [-0.39, 0.29) is 5.56 Å². The largest absolute Gasteiger partial charge is 0.478 e. The Morgan fingerprint density at radius 1 is 1.26 bits per heavy atom. The highest BCUT2D eigenvalue weighted by molar-refractivity contribution is 9.10. The molecule has 23 heavy (non-hydrogen) atoms. The van der Waals surface area contributed by atoms with Gasteiger partial charge in [0.15, 0.2) is 5.17 Å². The van der Waals surface area contributed by atoms with Gasteiger partial charge in [-0.1, -0.05) is 58.0 Å². The van der Waals surface area contributed by atoms with Gasteiger partial charge in [0, 0.05) is 15.8 Å². The number of nitrogens with zero attached hydrogens (tertiary/aromatic N) is 2. The lowest BCUT2D eigenvalue weighted by Gasteiger charge is -2.00. The third-order valence-electron chi connectivity index (χ3n) is 2.83. The number of benzene rings is 2. The average molecular weight is 392 g/mol. The zero-order chi connectivity index (χ0) is 16.7. The van der Waals surface area contributed by atoms with Gasteiger partial charge >= 0.3 is 5.97 Å². The summed E-state index contributed by atoms with van der Waals surface area (Å²) >= 11 is 4.72.